The second-order valence-electron chi connectivity index (χ2n) is 3.34. The minimum Gasteiger partial charge on any atom is -0.469 e. The molecule has 0 fully saturated rings. The Kier molecular flexibility index (Phi) is 3.37. The molecule has 82 valence electrons. The van der Waals surface area contributed by atoms with Crippen molar-refractivity contribution in [2.75, 3.05) is 0 Å². The first kappa shape index (κ1) is 10.9. The molecule has 0 bridgehead atoms. The van der Waals surface area contributed by atoms with Gasteiger partial charge in [-0.3, -0.25) is 4.98 Å². The van der Waals surface area contributed by atoms with Crippen LogP contribution in [0.4, 0.5) is 0 Å². The second kappa shape index (κ2) is 4.94. The van der Waals surface area contributed by atoms with Crippen LogP contribution in [-0.4, -0.2) is 9.97 Å². The highest BCUT2D eigenvalue weighted by Crippen LogP contribution is 2.25. The highest BCUT2D eigenvalue weighted by Gasteiger charge is 2.10. The molecule has 2 heterocycles. The maximum absolute atomic E-state index is 5.95. The minimum atomic E-state index is -0.124. The van der Waals surface area contributed by atoms with Gasteiger partial charge in [-0.15, -0.1) is 0 Å². The number of pyridine rings is 2. The van der Waals surface area contributed by atoms with Crippen LogP contribution in [0.15, 0.2) is 42.9 Å². The molecule has 4 heteroatoms. The van der Waals surface area contributed by atoms with Crippen molar-refractivity contribution in [1.82, 2.24) is 9.97 Å². The lowest BCUT2D eigenvalue weighted by Gasteiger charge is -2.14. The molecule has 0 spiro atoms. The summed E-state index contributed by atoms with van der Waals surface area (Å²) in [6.45, 7) is 1.93. The lowest BCUT2D eigenvalue weighted by atomic mass is 10.2. The third kappa shape index (κ3) is 2.49. The Morgan fingerprint density at radius 1 is 1.25 bits per heavy atom. The zero-order chi connectivity index (χ0) is 11.4. The van der Waals surface area contributed by atoms with Gasteiger partial charge in [0.1, 0.15) is 11.1 Å². The summed E-state index contributed by atoms with van der Waals surface area (Å²) in [5, 5.41) is 0.512. The normalized spacial score (nSPS) is 12.1. The minimum absolute atomic E-state index is 0.124. The lowest BCUT2D eigenvalue weighted by molar-refractivity contribution is 0.217. The molecule has 2 aromatic heterocycles. The van der Waals surface area contributed by atoms with Gasteiger partial charge in [-0.05, 0) is 25.1 Å². The third-order valence-electron chi connectivity index (χ3n) is 2.17. The number of aromatic nitrogens is 2. The van der Waals surface area contributed by atoms with Gasteiger partial charge in [0.15, 0.2) is 0 Å². The summed E-state index contributed by atoms with van der Waals surface area (Å²) >= 11 is 5.95. The van der Waals surface area contributed by atoms with Gasteiger partial charge in [-0.1, -0.05) is 17.7 Å². The molecule has 0 aliphatic rings. The fraction of sp³-hybridized carbons (Fsp3) is 0.167. The van der Waals surface area contributed by atoms with E-state index < -0.39 is 0 Å². The van der Waals surface area contributed by atoms with Crippen LogP contribution in [0.25, 0.3) is 0 Å². The molecule has 3 nitrogen and oxygen atoms in total. The van der Waals surface area contributed by atoms with Crippen molar-refractivity contribution >= 4 is 11.6 Å². The van der Waals surface area contributed by atoms with E-state index in [4.69, 9.17) is 16.3 Å². The monoisotopic (exact) mass is 234 g/mol. The number of hydrogen-bond acceptors (Lipinski definition) is 3. The second-order valence-corrected chi connectivity index (χ2v) is 3.74. The Labute approximate surface area is 99.1 Å². The highest BCUT2D eigenvalue weighted by atomic mass is 35.5. The highest BCUT2D eigenvalue weighted by molar-refractivity contribution is 6.31. The molecular weight excluding hydrogens is 224 g/mol. The molecule has 0 radical (unpaired) electrons. The molecule has 0 aromatic carbocycles. The van der Waals surface area contributed by atoms with E-state index >= 15 is 0 Å². The summed E-state index contributed by atoms with van der Waals surface area (Å²) in [5.74, 6) is 0.445. The summed E-state index contributed by atoms with van der Waals surface area (Å²) < 4.78 is 5.65. The molecule has 1 unspecified atom stereocenters. The van der Waals surface area contributed by atoms with Gasteiger partial charge in [0.2, 0.25) is 5.88 Å². The van der Waals surface area contributed by atoms with Gasteiger partial charge in [-0.2, -0.15) is 0 Å². The lowest BCUT2D eigenvalue weighted by Crippen LogP contribution is -2.04. The molecule has 0 saturated carbocycles. The maximum Gasteiger partial charge on any atom is 0.233 e. The largest absolute Gasteiger partial charge is 0.469 e. The molecule has 0 N–H and O–H groups in total. The molecular formula is C12H11ClN2O. The van der Waals surface area contributed by atoms with Gasteiger partial charge < -0.3 is 4.74 Å². The first-order chi connectivity index (χ1) is 7.77. The zero-order valence-electron chi connectivity index (χ0n) is 8.80. The van der Waals surface area contributed by atoms with Gasteiger partial charge in [-0.25, -0.2) is 4.98 Å². The van der Waals surface area contributed by atoms with Crippen LogP contribution in [-0.2, 0) is 0 Å². The standard InChI is InChI=1S/C12H11ClN2O/c1-9(10-4-2-6-14-8-10)16-12-11(13)5-3-7-15-12/h2-9H,1H3. The maximum atomic E-state index is 5.95. The van der Waals surface area contributed by atoms with Crippen LogP contribution < -0.4 is 4.74 Å². The Hall–Kier alpha value is -1.61. The van der Waals surface area contributed by atoms with E-state index in [1.54, 1.807) is 30.7 Å². The van der Waals surface area contributed by atoms with E-state index in [0.717, 1.165) is 5.56 Å². The van der Waals surface area contributed by atoms with Crippen molar-refractivity contribution in [3.63, 3.8) is 0 Å². The molecule has 0 aliphatic heterocycles. The van der Waals surface area contributed by atoms with E-state index in [1.165, 1.54) is 0 Å². The SMILES string of the molecule is CC(Oc1ncccc1Cl)c1cccnc1. The summed E-state index contributed by atoms with van der Waals surface area (Å²) in [4.78, 5) is 8.11. The summed E-state index contributed by atoms with van der Waals surface area (Å²) in [5.41, 5.74) is 0.990. The van der Waals surface area contributed by atoms with Crippen LogP contribution in [0, 0.1) is 0 Å². The predicted molar refractivity (Wildman–Crippen MR) is 62.5 cm³/mol. The Morgan fingerprint density at radius 2 is 2.06 bits per heavy atom. The van der Waals surface area contributed by atoms with Crippen molar-refractivity contribution in [2.45, 2.75) is 13.0 Å². The molecule has 2 rings (SSSR count). The third-order valence-corrected chi connectivity index (χ3v) is 2.45. The predicted octanol–water partition coefficient (Wildman–Crippen LogP) is 3.27. The number of nitrogens with zero attached hydrogens (tertiary/aromatic N) is 2. The number of halogens is 1. The zero-order valence-corrected chi connectivity index (χ0v) is 9.56. The fourth-order valence-corrected chi connectivity index (χ4v) is 1.48. The Bertz CT molecular complexity index is 462. The van der Waals surface area contributed by atoms with Crippen LogP contribution in [0.2, 0.25) is 5.02 Å². The van der Waals surface area contributed by atoms with Crippen molar-refractivity contribution in [3.05, 3.63) is 53.4 Å². The smallest absolute Gasteiger partial charge is 0.233 e. The van der Waals surface area contributed by atoms with Gasteiger partial charge >= 0.3 is 0 Å². The van der Waals surface area contributed by atoms with Gasteiger partial charge in [0.05, 0.1) is 0 Å². The average molecular weight is 235 g/mol. The fourth-order valence-electron chi connectivity index (χ4n) is 1.31. The van der Waals surface area contributed by atoms with Crippen molar-refractivity contribution in [2.24, 2.45) is 0 Å². The number of ether oxygens (including phenoxy) is 1. The summed E-state index contributed by atoms with van der Waals surface area (Å²) in [6.07, 6.45) is 5.02. The Morgan fingerprint density at radius 3 is 2.75 bits per heavy atom. The average Bonchev–Trinajstić information content (AvgIpc) is 2.33. The van der Waals surface area contributed by atoms with Crippen molar-refractivity contribution < 1.29 is 4.74 Å². The van der Waals surface area contributed by atoms with Crippen molar-refractivity contribution in [1.29, 1.82) is 0 Å². The van der Waals surface area contributed by atoms with E-state index in [9.17, 15) is 0 Å². The van der Waals surface area contributed by atoms with E-state index in [1.807, 2.05) is 19.1 Å². The van der Waals surface area contributed by atoms with Crippen LogP contribution >= 0.6 is 11.6 Å². The number of rotatable bonds is 3. The number of hydrogen-bond donors (Lipinski definition) is 0. The molecule has 1 atom stereocenters. The summed E-state index contributed by atoms with van der Waals surface area (Å²) in [6, 6.07) is 7.34. The molecule has 2 aromatic rings. The van der Waals surface area contributed by atoms with Crippen LogP contribution in [0.1, 0.15) is 18.6 Å². The van der Waals surface area contributed by atoms with E-state index in [-0.39, 0.29) is 6.10 Å². The molecule has 16 heavy (non-hydrogen) atoms. The van der Waals surface area contributed by atoms with E-state index in [2.05, 4.69) is 9.97 Å². The van der Waals surface area contributed by atoms with Gasteiger partial charge in [0.25, 0.3) is 0 Å². The summed E-state index contributed by atoms with van der Waals surface area (Å²) in [7, 11) is 0. The van der Waals surface area contributed by atoms with Crippen molar-refractivity contribution in [3.8, 4) is 5.88 Å². The molecule has 0 saturated heterocycles. The van der Waals surface area contributed by atoms with Gasteiger partial charge in [0, 0.05) is 24.2 Å². The Balaban J connectivity index is 2.14. The van der Waals surface area contributed by atoms with Crippen LogP contribution in [0.5, 0.6) is 5.88 Å². The molecule has 0 amide bonds. The first-order valence-corrected chi connectivity index (χ1v) is 5.32. The van der Waals surface area contributed by atoms with E-state index in [0.29, 0.717) is 10.9 Å². The quantitative estimate of drug-likeness (QED) is 0.818. The first-order valence-electron chi connectivity index (χ1n) is 4.94. The topological polar surface area (TPSA) is 35.0 Å². The molecule has 0 aliphatic carbocycles. The van der Waals surface area contributed by atoms with Crippen LogP contribution in [0.3, 0.4) is 0 Å².